The van der Waals surface area contributed by atoms with Gasteiger partial charge in [-0.1, -0.05) is 67.4 Å². The van der Waals surface area contributed by atoms with Crippen LogP contribution in [0, 0.1) is 0 Å². The third kappa shape index (κ3) is 5.98. The van der Waals surface area contributed by atoms with E-state index in [-0.39, 0.29) is 11.8 Å². The lowest BCUT2D eigenvalue weighted by molar-refractivity contribution is -0.142. The maximum Gasteiger partial charge on any atom is 0.247 e. The standard InChI is InChI=1S/C27H35N3O2/c31-25-12-6-9-19-30(25)26(24-10-4-3-5-11-24)27(32)28-20-22-13-15-23(16-14-22)21-29-17-7-1-2-8-18-29/h3-5,10-11,13-16,26H,1-2,6-9,12,17-21H2,(H,28,32). The third-order valence-electron chi connectivity index (χ3n) is 6.63. The molecule has 2 fully saturated rings. The Labute approximate surface area is 191 Å². The van der Waals surface area contributed by atoms with Crippen LogP contribution < -0.4 is 5.32 Å². The molecule has 0 saturated carbocycles. The topological polar surface area (TPSA) is 52.7 Å². The minimum Gasteiger partial charge on any atom is -0.350 e. The summed E-state index contributed by atoms with van der Waals surface area (Å²) in [6.45, 7) is 4.48. The first kappa shape index (κ1) is 22.5. The fraction of sp³-hybridized carbons (Fsp3) is 0.481. The summed E-state index contributed by atoms with van der Waals surface area (Å²) in [5.74, 6) is -0.0433. The molecule has 1 N–H and O–H groups in total. The van der Waals surface area contributed by atoms with Crippen molar-refractivity contribution in [2.45, 2.75) is 64.1 Å². The Morgan fingerprint density at radius 3 is 2.16 bits per heavy atom. The maximum atomic E-state index is 13.2. The first-order chi connectivity index (χ1) is 15.7. The summed E-state index contributed by atoms with van der Waals surface area (Å²) >= 11 is 0. The van der Waals surface area contributed by atoms with E-state index in [4.69, 9.17) is 0 Å². The number of carbonyl (C=O) groups excluding carboxylic acids is 2. The summed E-state index contributed by atoms with van der Waals surface area (Å²) in [5, 5.41) is 3.08. The number of carbonyl (C=O) groups is 2. The Morgan fingerprint density at radius 1 is 0.812 bits per heavy atom. The van der Waals surface area contributed by atoms with Gasteiger partial charge in [0.15, 0.2) is 0 Å². The summed E-state index contributed by atoms with van der Waals surface area (Å²) in [4.78, 5) is 30.1. The number of hydrogen-bond donors (Lipinski definition) is 1. The maximum absolute atomic E-state index is 13.2. The lowest BCUT2D eigenvalue weighted by Gasteiger charge is -2.34. The highest BCUT2D eigenvalue weighted by Crippen LogP contribution is 2.26. The van der Waals surface area contributed by atoms with Gasteiger partial charge in [0, 0.05) is 26.1 Å². The molecule has 32 heavy (non-hydrogen) atoms. The van der Waals surface area contributed by atoms with Crippen molar-refractivity contribution >= 4 is 11.8 Å². The molecule has 2 amide bonds. The number of likely N-dealkylation sites (tertiary alicyclic amines) is 2. The molecule has 0 spiro atoms. The predicted molar refractivity (Wildman–Crippen MR) is 127 cm³/mol. The van der Waals surface area contributed by atoms with Gasteiger partial charge in [-0.3, -0.25) is 14.5 Å². The SMILES string of the molecule is O=C(NCc1ccc(CN2CCCCCC2)cc1)C(c1ccccc1)N1CCCCC1=O. The zero-order valence-corrected chi connectivity index (χ0v) is 19.0. The number of benzene rings is 2. The van der Waals surface area contributed by atoms with Crippen molar-refractivity contribution in [3.05, 3.63) is 71.3 Å². The van der Waals surface area contributed by atoms with E-state index in [1.165, 1.54) is 44.3 Å². The van der Waals surface area contributed by atoms with Crippen LogP contribution in [0.5, 0.6) is 0 Å². The summed E-state index contributed by atoms with van der Waals surface area (Å²) < 4.78 is 0. The number of amides is 2. The monoisotopic (exact) mass is 433 g/mol. The molecule has 4 rings (SSSR count). The molecule has 5 heteroatoms. The molecule has 170 valence electrons. The highest BCUT2D eigenvalue weighted by atomic mass is 16.2. The molecule has 2 aromatic rings. The number of piperidine rings is 1. The van der Waals surface area contributed by atoms with Crippen molar-refractivity contribution in [1.29, 1.82) is 0 Å². The highest BCUT2D eigenvalue weighted by Gasteiger charge is 2.32. The van der Waals surface area contributed by atoms with Crippen molar-refractivity contribution in [3.8, 4) is 0 Å². The van der Waals surface area contributed by atoms with E-state index in [2.05, 4.69) is 34.5 Å². The molecule has 2 aromatic carbocycles. The second kappa shape index (κ2) is 11.3. The van der Waals surface area contributed by atoms with Gasteiger partial charge in [-0.15, -0.1) is 0 Å². The number of nitrogens with one attached hydrogen (secondary N) is 1. The molecule has 5 nitrogen and oxygen atoms in total. The van der Waals surface area contributed by atoms with Crippen LogP contribution in [-0.4, -0.2) is 41.2 Å². The van der Waals surface area contributed by atoms with Crippen molar-refractivity contribution in [2.24, 2.45) is 0 Å². The van der Waals surface area contributed by atoms with Crippen LogP contribution >= 0.6 is 0 Å². The molecule has 2 aliphatic rings. The fourth-order valence-corrected chi connectivity index (χ4v) is 4.81. The van der Waals surface area contributed by atoms with Gasteiger partial charge in [-0.2, -0.15) is 0 Å². The van der Waals surface area contributed by atoms with Gasteiger partial charge in [0.2, 0.25) is 11.8 Å². The van der Waals surface area contributed by atoms with Gasteiger partial charge in [0.05, 0.1) is 0 Å². The average Bonchev–Trinajstić information content (AvgIpc) is 3.09. The average molecular weight is 434 g/mol. The van der Waals surface area contributed by atoms with E-state index in [0.717, 1.165) is 30.5 Å². The summed E-state index contributed by atoms with van der Waals surface area (Å²) in [6.07, 6.45) is 7.67. The van der Waals surface area contributed by atoms with E-state index >= 15 is 0 Å². The number of hydrogen-bond acceptors (Lipinski definition) is 3. The number of rotatable bonds is 7. The molecule has 0 bridgehead atoms. The highest BCUT2D eigenvalue weighted by molar-refractivity contribution is 5.89. The molecule has 2 aliphatic heterocycles. The Kier molecular flexibility index (Phi) is 7.94. The van der Waals surface area contributed by atoms with Crippen molar-refractivity contribution < 1.29 is 9.59 Å². The van der Waals surface area contributed by atoms with Crippen LogP contribution in [0.25, 0.3) is 0 Å². The van der Waals surface area contributed by atoms with E-state index in [0.29, 0.717) is 19.5 Å². The van der Waals surface area contributed by atoms with E-state index in [1.54, 1.807) is 4.90 Å². The van der Waals surface area contributed by atoms with Gasteiger partial charge >= 0.3 is 0 Å². The second-order valence-electron chi connectivity index (χ2n) is 9.08. The van der Waals surface area contributed by atoms with Crippen LogP contribution in [0.4, 0.5) is 0 Å². The Bertz CT molecular complexity index is 874. The van der Waals surface area contributed by atoms with E-state index in [1.807, 2.05) is 30.3 Å². The Morgan fingerprint density at radius 2 is 1.47 bits per heavy atom. The van der Waals surface area contributed by atoms with Crippen LogP contribution in [0.2, 0.25) is 0 Å². The van der Waals surface area contributed by atoms with Crippen LogP contribution in [-0.2, 0) is 22.7 Å². The quantitative estimate of drug-likeness (QED) is 0.703. The summed E-state index contributed by atoms with van der Waals surface area (Å²) in [5.41, 5.74) is 3.27. The number of nitrogens with zero attached hydrogens (tertiary/aromatic N) is 2. The molecule has 2 saturated heterocycles. The third-order valence-corrected chi connectivity index (χ3v) is 6.63. The second-order valence-corrected chi connectivity index (χ2v) is 9.08. The summed E-state index contributed by atoms with van der Waals surface area (Å²) in [6, 6.07) is 17.7. The summed E-state index contributed by atoms with van der Waals surface area (Å²) in [7, 11) is 0. The van der Waals surface area contributed by atoms with Crippen molar-refractivity contribution in [2.75, 3.05) is 19.6 Å². The van der Waals surface area contributed by atoms with Gasteiger partial charge in [0.25, 0.3) is 0 Å². The normalized spacial score (nSPS) is 18.8. The van der Waals surface area contributed by atoms with Gasteiger partial charge in [-0.25, -0.2) is 0 Å². The molecule has 2 heterocycles. The van der Waals surface area contributed by atoms with E-state index < -0.39 is 6.04 Å². The van der Waals surface area contributed by atoms with Gasteiger partial charge in [0.1, 0.15) is 6.04 Å². The van der Waals surface area contributed by atoms with Crippen LogP contribution in [0.3, 0.4) is 0 Å². The molecule has 1 atom stereocenters. The van der Waals surface area contributed by atoms with Crippen molar-refractivity contribution in [1.82, 2.24) is 15.1 Å². The minimum atomic E-state index is -0.564. The molecule has 0 aromatic heterocycles. The fourth-order valence-electron chi connectivity index (χ4n) is 4.81. The molecule has 0 radical (unpaired) electrons. The van der Waals surface area contributed by atoms with Crippen LogP contribution in [0.15, 0.2) is 54.6 Å². The Hall–Kier alpha value is -2.66. The molecule has 0 aliphatic carbocycles. The Balaban J connectivity index is 1.37. The first-order valence-corrected chi connectivity index (χ1v) is 12.1. The zero-order chi connectivity index (χ0) is 22.2. The molecular formula is C27H35N3O2. The van der Waals surface area contributed by atoms with Gasteiger partial charge in [-0.05, 0) is 55.5 Å². The smallest absolute Gasteiger partial charge is 0.247 e. The van der Waals surface area contributed by atoms with Gasteiger partial charge < -0.3 is 10.2 Å². The molecule has 1 unspecified atom stereocenters. The predicted octanol–water partition coefficient (Wildman–Crippen LogP) is 4.43. The zero-order valence-electron chi connectivity index (χ0n) is 19.0. The largest absolute Gasteiger partial charge is 0.350 e. The first-order valence-electron chi connectivity index (χ1n) is 12.1. The minimum absolute atomic E-state index is 0.0677. The molecular weight excluding hydrogens is 398 g/mol. The van der Waals surface area contributed by atoms with E-state index in [9.17, 15) is 9.59 Å². The lowest BCUT2D eigenvalue weighted by atomic mass is 10.0. The van der Waals surface area contributed by atoms with Crippen molar-refractivity contribution in [3.63, 3.8) is 0 Å². The van der Waals surface area contributed by atoms with Crippen LogP contribution in [0.1, 0.15) is 67.7 Å². The lowest BCUT2D eigenvalue weighted by Crippen LogP contribution is -2.45.